The fraction of sp³-hybridized carbons (Fsp3) is 0.314. The van der Waals surface area contributed by atoms with Crippen molar-refractivity contribution in [2.24, 2.45) is 23.7 Å². The number of oxazole rings is 1. The molecule has 4 saturated carbocycles. The van der Waals surface area contributed by atoms with Gasteiger partial charge in [-0.25, -0.2) is 9.37 Å². The van der Waals surface area contributed by atoms with Crippen molar-refractivity contribution in [2.75, 3.05) is 47.6 Å². The lowest BCUT2D eigenvalue weighted by atomic mass is 10.0. The molecule has 0 bridgehead atoms. The molecule has 5 aromatic carbocycles. The number of pyridine rings is 3. The number of piperidine rings is 1. The Labute approximate surface area is 668 Å². The van der Waals surface area contributed by atoms with Gasteiger partial charge in [-0.15, -0.1) is 0 Å². The van der Waals surface area contributed by atoms with Gasteiger partial charge in [0.2, 0.25) is 35.3 Å². The number of nitrogens with zero attached hydrogens (tertiary/aromatic N) is 11. The Morgan fingerprint density at radius 2 is 1.04 bits per heavy atom. The van der Waals surface area contributed by atoms with Gasteiger partial charge in [0.15, 0.2) is 24.0 Å². The number of amides is 5. The summed E-state index contributed by atoms with van der Waals surface area (Å²) in [4.78, 5) is 83.2. The highest BCUT2D eigenvalue weighted by Crippen LogP contribution is 2.48. The molecule has 1 unspecified atom stereocenters. The van der Waals surface area contributed by atoms with E-state index in [1.54, 1.807) is 93.0 Å². The molecule has 596 valence electrons. The Bertz CT molecular complexity index is 5540. The van der Waals surface area contributed by atoms with Gasteiger partial charge in [0.25, 0.3) is 5.91 Å². The number of nitrogens with one attached hydrogen (secondary N) is 4. The number of carbonyl (C=O) groups excluding carboxylic acids is 5. The molecule has 117 heavy (non-hydrogen) atoms. The standard InChI is InChI=1S/C26H24FN5O4.C25H24N4O4.C19H16F3N3O2.C16H13N3O2/c1-15-30-13-24(35-15)26(34)32-9-7-23(20(27)14-32)36-22-5-4-17(10-18(22)12-28)21-11-19(6-8-29-21)31-25(33)16-2-3-16;1-15-27-25(33-29-15)22-13-21(22)24(30)28-19-4-2-3-16(12-19)17-5-6-23(18(11-17)14-26)32-20-7-9-31-10-8-20;1-11(19(20,21)22)27-17-5-4-13(8-14(17)10-23)16-9-15(6-7-24-16)25-18(26)12-2-3-12;17-9-12-7-11(3-4-15(12)20)14-8-13(5-6-18-14)19-16(21)10-1-2-10/h4-6,8,10-11,13,16,20,23H,2-3,7,9,14H2,1H3,(H,29,31,33);2-6,11-12,20-22H,7-10,13H2,1H3,(H,28,30);4-9,11-12H,2-3H2,1H3,(H,24,25,26);3-8,10,20H,1-2H2,(H,18,19,21)/t20-,23+;21-,22-;;/m11../s1. The summed E-state index contributed by atoms with van der Waals surface area (Å²) in [5.74, 6) is 1.79. The summed E-state index contributed by atoms with van der Waals surface area (Å²) in [5.41, 5.74) is 8.89. The fourth-order valence-corrected chi connectivity index (χ4v) is 12.7. The number of aromatic nitrogens is 6. The molecule has 0 spiro atoms. The number of halogens is 4. The number of anilines is 4. The van der Waals surface area contributed by atoms with E-state index < -0.39 is 30.5 Å². The number of likely N-dealkylation sites (tertiary alicyclic amines) is 1. The molecule has 5 N–H and O–H groups in total. The monoisotopic (exact) mass is 1590 g/mol. The molecule has 4 aliphatic carbocycles. The first-order valence-electron chi connectivity index (χ1n) is 37.9. The van der Waals surface area contributed by atoms with E-state index in [1.165, 1.54) is 41.6 Å². The molecule has 2 aliphatic heterocycles. The highest BCUT2D eigenvalue weighted by atomic mass is 19.4. The highest BCUT2D eigenvalue weighted by molar-refractivity contribution is 5.97. The first kappa shape index (κ1) is 81.1. The van der Waals surface area contributed by atoms with Gasteiger partial charge in [-0.1, -0.05) is 23.4 Å². The Balaban J connectivity index is 0.000000138. The molecular formula is C86H77F4N15O12. The van der Waals surface area contributed by atoms with E-state index in [4.69, 9.17) is 33.1 Å². The van der Waals surface area contributed by atoms with Crippen molar-refractivity contribution in [2.45, 2.75) is 122 Å². The number of benzene rings is 5. The Morgan fingerprint density at radius 3 is 1.54 bits per heavy atom. The summed E-state index contributed by atoms with van der Waals surface area (Å²) in [7, 11) is 0. The maximum absolute atomic E-state index is 15.0. The van der Waals surface area contributed by atoms with Crippen molar-refractivity contribution < 1.29 is 74.5 Å². The van der Waals surface area contributed by atoms with Crippen molar-refractivity contribution in [3.05, 3.63) is 204 Å². The van der Waals surface area contributed by atoms with Gasteiger partial charge >= 0.3 is 6.18 Å². The second-order valence-electron chi connectivity index (χ2n) is 28.8. The maximum Gasteiger partial charge on any atom is 0.425 e. The summed E-state index contributed by atoms with van der Waals surface area (Å²) in [6, 6.07) is 45.5. The SMILES string of the molecule is CC(Oc1ccc(-c2cc(NC(=O)C3CC3)ccn2)cc1C#N)C(F)(F)F.Cc1ncc(C(=O)N2CC[C@H](Oc3ccc(-c4cc(NC(=O)C5CC5)ccn4)cc3C#N)[C@H](F)C2)o1.Cc1noc([C@@H]2C[C@H]2C(=O)Nc2cccc(-c3ccc(OC4CCOCC4)c(C#N)c3)c2)n1.N#Cc1cc(-c2cc(NC(=O)C3CC3)ccn2)ccc1O. The van der Waals surface area contributed by atoms with Crippen molar-refractivity contribution in [3.63, 3.8) is 0 Å². The van der Waals surface area contributed by atoms with Gasteiger partial charge in [-0.2, -0.15) is 39.2 Å². The summed E-state index contributed by atoms with van der Waals surface area (Å²) >= 11 is 0. The van der Waals surface area contributed by atoms with E-state index in [0.29, 0.717) is 105 Å². The molecule has 27 nitrogen and oxygen atoms in total. The normalized spacial score (nSPS) is 17.5. The van der Waals surface area contributed by atoms with Crippen LogP contribution in [0.5, 0.6) is 23.0 Å². The van der Waals surface area contributed by atoms with Gasteiger partial charge in [0.05, 0.1) is 77.1 Å². The number of rotatable bonds is 20. The average molecular weight is 1590 g/mol. The maximum atomic E-state index is 15.0. The number of hydrogen-bond acceptors (Lipinski definition) is 22. The number of nitriles is 4. The molecule has 5 amide bonds. The van der Waals surface area contributed by atoms with Crippen molar-refractivity contribution in [3.8, 4) is 92.2 Å². The second-order valence-corrected chi connectivity index (χ2v) is 28.8. The number of phenols is 1. The lowest BCUT2D eigenvalue weighted by molar-refractivity contribution is -0.189. The van der Waals surface area contributed by atoms with E-state index in [9.17, 15) is 62.4 Å². The van der Waals surface area contributed by atoms with Crippen LogP contribution in [0.25, 0.3) is 44.9 Å². The number of phenolic OH excluding ortho intramolecular Hbond substituents is 1. The minimum atomic E-state index is -4.53. The lowest BCUT2D eigenvalue weighted by Crippen LogP contribution is -2.49. The van der Waals surface area contributed by atoms with Crippen LogP contribution in [-0.2, 0) is 23.9 Å². The largest absolute Gasteiger partial charge is 0.507 e. The molecule has 10 aromatic rings. The Morgan fingerprint density at radius 1 is 0.564 bits per heavy atom. The summed E-state index contributed by atoms with van der Waals surface area (Å²) in [5, 5.41) is 62.4. The molecule has 2 saturated heterocycles. The lowest BCUT2D eigenvalue weighted by Gasteiger charge is -2.34. The summed E-state index contributed by atoms with van der Waals surface area (Å²) in [6.07, 6.45) is 5.41. The number of aryl methyl sites for hydroxylation is 2. The predicted molar refractivity (Wildman–Crippen MR) is 416 cm³/mol. The smallest absolute Gasteiger partial charge is 0.425 e. The molecule has 6 aliphatic rings. The van der Waals surface area contributed by atoms with Crippen LogP contribution in [0.2, 0.25) is 0 Å². The summed E-state index contributed by atoms with van der Waals surface area (Å²) < 4.78 is 85.6. The molecule has 5 atom stereocenters. The number of hydrogen-bond donors (Lipinski definition) is 5. The molecular weight excluding hydrogens is 1510 g/mol. The first-order chi connectivity index (χ1) is 56.5. The number of carbonyl (C=O) groups is 5. The van der Waals surface area contributed by atoms with Crippen LogP contribution in [-0.4, -0.2) is 127 Å². The molecule has 0 radical (unpaired) electrons. The third-order valence-electron chi connectivity index (χ3n) is 19.8. The van der Waals surface area contributed by atoms with Crippen LogP contribution in [0.1, 0.15) is 127 Å². The van der Waals surface area contributed by atoms with Crippen molar-refractivity contribution in [1.29, 1.82) is 21.0 Å². The second kappa shape index (κ2) is 36.5. The van der Waals surface area contributed by atoms with E-state index in [1.807, 2.05) is 54.6 Å². The van der Waals surface area contributed by atoms with Crippen LogP contribution >= 0.6 is 0 Å². The Hall–Kier alpha value is -13.9. The zero-order chi connectivity index (χ0) is 82.4. The number of alkyl halides is 4. The molecule has 31 heteroatoms. The zero-order valence-corrected chi connectivity index (χ0v) is 63.5. The predicted octanol–water partition coefficient (Wildman–Crippen LogP) is 15.1. The van der Waals surface area contributed by atoms with Crippen LogP contribution < -0.4 is 35.5 Å². The molecule has 6 fully saturated rings. The van der Waals surface area contributed by atoms with Gasteiger partial charge in [0.1, 0.15) is 59.5 Å². The highest BCUT2D eigenvalue weighted by Gasteiger charge is 2.48. The zero-order valence-electron chi connectivity index (χ0n) is 63.5. The van der Waals surface area contributed by atoms with Gasteiger partial charge in [-0.3, -0.25) is 38.9 Å². The van der Waals surface area contributed by atoms with E-state index >= 15 is 0 Å². The molecule has 7 heterocycles. The topological polar surface area (TPSA) is 393 Å². The van der Waals surface area contributed by atoms with Crippen LogP contribution in [0, 0.1) is 82.8 Å². The fourth-order valence-electron chi connectivity index (χ4n) is 12.7. The molecule has 5 aromatic heterocycles. The quantitative estimate of drug-likeness (QED) is 0.0442. The van der Waals surface area contributed by atoms with Gasteiger partial charge in [0, 0.05) is 109 Å². The third-order valence-corrected chi connectivity index (χ3v) is 19.8. The minimum Gasteiger partial charge on any atom is -0.507 e. The van der Waals surface area contributed by atoms with E-state index in [2.05, 4.69) is 63.5 Å². The first-order valence-corrected chi connectivity index (χ1v) is 37.9. The van der Waals surface area contributed by atoms with Crippen LogP contribution in [0.3, 0.4) is 0 Å². The van der Waals surface area contributed by atoms with Crippen LogP contribution in [0.15, 0.2) is 167 Å². The van der Waals surface area contributed by atoms with Crippen LogP contribution in [0.4, 0.5) is 40.3 Å². The van der Waals surface area contributed by atoms with Crippen molar-refractivity contribution in [1.82, 2.24) is 35.0 Å². The van der Waals surface area contributed by atoms with E-state index in [0.717, 1.165) is 69.4 Å². The van der Waals surface area contributed by atoms with E-state index in [-0.39, 0.29) is 119 Å². The number of aromatic hydroxyl groups is 1. The third kappa shape index (κ3) is 21.5. The van der Waals surface area contributed by atoms with Gasteiger partial charge < -0.3 is 59.2 Å². The average Bonchev–Trinajstić information content (AvgIpc) is 1.61. The Kier molecular flexibility index (Phi) is 25.3. The van der Waals surface area contributed by atoms with Gasteiger partial charge in [-0.05, 0) is 185 Å². The minimum absolute atomic E-state index is 0.00178. The van der Waals surface area contributed by atoms with Crippen molar-refractivity contribution >= 4 is 52.3 Å². The molecule has 16 rings (SSSR count). The number of ether oxygens (including phenoxy) is 4. The summed E-state index contributed by atoms with van der Waals surface area (Å²) in [6.45, 7) is 5.77.